The minimum atomic E-state index is 0.000930. The normalized spacial score (nSPS) is 11.0. The minimum absolute atomic E-state index is 0.000930. The number of benzene rings is 2. The van der Waals surface area contributed by atoms with Crippen LogP contribution in [0.2, 0.25) is 5.02 Å². The highest BCUT2D eigenvalue weighted by molar-refractivity contribution is 7.99. The summed E-state index contributed by atoms with van der Waals surface area (Å²) >= 11 is 7.41. The third kappa shape index (κ3) is 5.59. The number of aromatic nitrogens is 3. The fraction of sp³-hybridized carbons (Fsp3) is 0.286. The molecule has 0 radical (unpaired) electrons. The molecule has 146 valence electrons. The molecule has 2 aromatic carbocycles. The number of halogens is 1. The highest BCUT2D eigenvalue weighted by Crippen LogP contribution is 2.26. The molecule has 1 heterocycles. The lowest BCUT2D eigenvalue weighted by Gasteiger charge is -2.11. The zero-order chi connectivity index (χ0) is 19.9. The van der Waals surface area contributed by atoms with Crippen molar-refractivity contribution in [3.05, 3.63) is 65.2 Å². The first-order valence-corrected chi connectivity index (χ1v) is 10.5. The summed E-state index contributed by atoms with van der Waals surface area (Å²) in [4.78, 5) is 12.1. The predicted molar refractivity (Wildman–Crippen MR) is 115 cm³/mol. The Bertz CT molecular complexity index is 910. The van der Waals surface area contributed by atoms with Crippen molar-refractivity contribution < 1.29 is 4.79 Å². The summed E-state index contributed by atoms with van der Waals surface area (Å²) in [6.07, 6.45) is 0. The van der Waals surface area contributed by atoms with Crippen LogP contribution in [0.5, 0.6) is 0 Å². The van der Waals surface area contributed by atoms with Crippen molar-refractivity contribution in [1.29, 1.82) is 0 Å². The molecule has 1 N–H and O–H groups in total. The maximum atomic E-state index is 12.1. The Morgan fingerprint density at radius 1 is 1.11 bits per heavy atom. The van der Waals surface area contributed by atoms with Gasteiger partial charge in [-0.15, -0.1) is 10.2 Å². The second kappa shape index (κ2) is 9.75. The maximum Gasteiger partial charge on any atom is 0.230 e. The summed E-state index contributed by atoms with van der Waals surface area (Å²) in [5.41, 5.74) is 2.08. The third-order valence-corrected chi connectivity index (χ3v) is 5.26. The Morgan fingerprint density at radius 2 is 1.82 bits per heavy atom. The molecule has 0 aliphatic rings. The first kappa shape index (κ1) is 20.4. The van der Waals surface area contributed by atoms with E-state index in [0.717, 1.165) is 17.0 Å². The Hall–Kier alpha value is -2.31. The van der Waals surface area contributed by atoms with Crippen LogP contribution in [0.1, 0.15) is 19.4 Å². The Labute approximate surface area is 174 Å². The molecule has 1 amide bonds. The zero-order valence-corrected chi connectivity index (χ0v) is 17.5. The van der Waals surface area contributed by atoms with Crippen molar-refractivity contribution in [1.82, 2.24) is 20.1 Å². The average Bonchev–Trinajstić information content (AvgIpc) is 3.08. The first-order chi connectivity index (χ1) is 13.5. The summed E-state index contributed by atoms with van der Waals surface area (Å²) in [5, 5.41) is 13.0. The van der Waals surface area contributed by atoms with Gasteiger partial charge in [-0.25, -0.2) is 0 Å². The van der Waals surface area contributed by atoms with Gasteiger partial charge in [-0.3, -0.25) is 9.36 Å². The van der Waals surface area contributed by atoms with Gasteiger partial charge in [0, 0.05) is 17.1 Å². The average molecular weight is 415 g/mol. The van der Waals surface area contributed by atoms with E-state index in [9.17, 15) is 4.79 Å². The van der Waals surface area contributed by atoms with Crippen molar-refractivity contribution in [2.45, 2.75) is 25.5 Å². The summed E-state index contributed by atoms with van der Waals surface area (Å²) in [7, 11) is 0. The highest BCUT2D eigenvalue weighted by Gasteiger charge is 2.16. The van der Waals surface area contributed by atoms with Gasteiger partial charge in [-0.1, -0.05) is 67.5 Å². The molecule has 3 rings (SSSR count). The lowest BCUT2D eigenvalue weighted by molar-refractivity contribution is -0.118. The lowest BCUT2D eigenvalue weighted by Crippen LogP contribution is -2.28. The van der Waals surface area contributed by atoms with E-state index in [4.69, 9.17) is 11.6 Å². The number of carbonyl (C=O) groups excluding carboxylic acids is 1. The van der Waals surface area contributed by atoms with Gasteiger partial charge in [0.25, 0.3) is 0 Å². The van der Waals surface area contributed by atoms with E-state index in [1.54, 1.807) is 0 Å². The van der Waals surface area contributed by atoms with Crippen LogP contribution in [-0.4, -0.2) is 33.0 Å². The van der Waals surface area contributed by atoms with Crippen molar-refractivity contribution in [2.24, 2.45) is 5.92 Å². The Morgan fingerprint density at radius 3 is 2.50 bits per heavy atom. The van der Waals surface area contributed by atoms with Gasteiger partial charge in [0.05, 0.1) is 12.3 Å². The summed E-state index contributed by atoms with van der Waals surface area (Å²) in [6, 6.07) is 17.7. The van der Waals surface area contributed by atoms with E-state index < -0.39 is 0 Å². The SMILES string of the molecule is CC(C)CNC(=O)CSc1nnc(-c2ccc(Cl)cc2)n1Cc1ccccc1. The van der Waals surface area contributed by atoms with Crippen molar-refractivity contribution in [3.8, 4) is 11.4 Å². The summed E-state index contributed by atoms with van der Waals surface area (Å²) in [6.45, 7) is 5.44. The standard InChI is InChI=1S/C21H23ClN4OS/c1-15(2)12-23-19(27)14-28-21-25-24-20(17-8-10-18(22)11-9-17)26(21)13-16-6-4-3-5-7-16/h3-11,15H,12-14H2,1-2H3,(H,23,27). The zero-order valence-electron chi connectivity index (χ0n) is 15.9. The van der Waals surface area contributed by atoms with E-state index in [-0.39, 0.29) is 5.91 Å². The van der Waals surface area contributed by atoms with E-state index in [1.165, 1.54) is 11.8 Å². The molecule has 0 unspecified atom stereocenters. The van der Waals surface area contributed by atoms with E-state index in [2.05, 4.69) is 41.5 Å². The number of carbonyl (C=O) groups is 1. The Balaban J connectivity index is 1.83. The van der Waals surface area contributed by atoms with Crippen LogP contribution in [0.3, 0.4) is 0 Å². The van der Waals surface area contributed by atoms with Crippen LogP contribution in [0.15, 0.2) is 59.8 Å². The lowest BCUT2D eigenvalue weighted by atomic mass is 10.2. The molecule has 0 bridgehead atoms. The second-order valence-corrected chi connectivity index (χ2v) is 8.25. The molecule has 0 saturated carbocycles. The van der Waals surface area contributed by atoms with Gasteiger partial charge in [0.15, 0.2) is 11.0 Å². The topological polar surface area (TPSA) is 59.8 Å². The first-order valence-electron chi connectivity index (χ1n) is 9.15. The smallest absolute Gasteiger partial charge is 0.230 e. The fourth-order valence-electron chi connectivity index (χ4n) is 2.62. The quantitative estimate of drug-likeness (QED) is 0.551. The number of nitrogens with zero attached hydrogens (tertiary/aromatic N) is 3. The summed E-state index contributed by atoms with van der Waals surface area (Å²) < 4.78 is 2.04. The van der Waals surface area contributed by atoms with E-state index in [1.807, 2.05) is 47.0 Å². The Kier molecular flexibility index (Phi) is 7.12. The summed E-state index contributed by atoms with van der Waals surface area (Å²) in [5.74, 6) is 1.49. The molecular weight excluding hydrogens is 392 g/mol. The number of hydrogen-bond donors (Lipinski definition) is 1. The van der Waals surface area contributed by atoms with Gasteiger partial charge in [0.1, 0.15) is 0 Å². The number of amides is 1. The number of nitrogens with one attached hydrogen (secondary N) is 1. The fourth-order valence-corrected chi connectivity index (χ4v) is 3.51. The van der Waals surface area contributed by atoms with Crippen molar-refractivity contribution in [3.63, 3.8) is 0 Å². The molecule has 3 aromatic rings. The van der Waals surface area contributed by atoms with Gasteiger partial charge in [0.2, 0.25) is 5.91 Å². The molecule has 0 atom stereocenters. The molecule has 1 aromatic heterocycles. The molecule has 0 saturated heterocycles. The minimum Gasteiger partial charge on any atom is -0.355 e. The number of rotatable bonds is 8. The van der Waals surface area contributed by atoms with Crippen molar-refractivity contribution in [2.75, 3.05) is 12.3 Å². The maximum absolute atomic E-state index is 12.1. The van der Waals surface area contributed by atoms with E-state index >= 15 is 0 Å². The monoisotopic (exact) mass is 414 g/mol. The molecule has 0 aliphatic heterocycles. The van der Waals surface area contributed by atoms with Gasteiger partial charge >= 0.3 is 0 Å². The second-order valence-electron chi connectivity index (χ2n) is 6.87. The third-order valence-electron chi connectivity index (χ3n) is 4.04. The molecular formula is C21H23ClN4OS. The van der Waals surface area contributed by atoms with Gasteiger partial charge < -0.3 is 5.32 Å². The molecule has 28 heavy (non-hydrogen) atoms. The van der Waals surface area contributed by atoms with Gasteiger partial charge in [-0.05, 0) is 35.7 Å². The largest absolute Gasteiger partial charge is 0.355 e. The molecule has 0 fully saturated rings. The van der Waals surface area contributed by atoms with Crippen LogP contribution in [-0.2, 0) is 11.3 Å². The number of thioether (sulfide) groups is 1. The van der Waals surface area contributed by atoms with Gasteiger partial charge in [-0.2, -0.15) is 0 Å². The van der Waals surface area contributed by atoms with E-state index in [0.29, 0.717) is 34.9 Å². The predicted octanol–water partition coefficient (Wildman–Crippen LogP) is 4.51. The number of hydrogen-bond acceptors (Lipinski definition) is 4. The molecule has 0 aliphatic carbocycles. The highest BCUT2D eigenvalue weighted by atomic mass is 35.5. The molecule has 7 heteroatoms. The molecule has 5 nitrogen and oxygen atoms in total. The van der Waals surface area contributed by atoms with Crippen LogP contribution in [0.25, 0.3) is 11.4 Å². The van der Waals surface area contributed by atoms with Crippen LogP contribution < -0.4 is 5.32 Å². The van der Waals surface area contributed by atoms with Crippen LogP contribution in [0, 0.1) is 5.92 Å². The van der Waals surface area contributed by atoms with Crippen LogP contribution >= 0.6 is 23.4 Å². The van der Waals surface area contributed by atoms with Crippen molar-refractivity contribution >= 4 is 29.3 Å². The molecule has 0 spiro atoms. The van der Waals surface area contributed by atoms with Crippen LogP contribution in [0.4, 0.5) is 0 Å².